The van der Waals surface area contributed by atoms with Crippen LogP contribution in [-0.2, 0) is 11.5 Å². The van der Waals surface area contributed by atoms with E-state index in [9.17, 15) is 4.79 Å². The Balaban J connectivity index is 1.28. The summed E-state index contributed by atoms with van der Waals surface area (Å²) in [7, 11) is 0. The van der Waals surface area contributed by atoms with Crippen LogP contribution in [-0.4, -0.2) is 15.2 Å². The van der Waals surface area contributed by atoms with Crippen LogP contribution in [0.5, 0.6) is 0 Å². The molecule has 5 aromatic rings. The van der Waals surface area contributed by atoms with Crippen LogP contribution in [0.2, 0.25) is 5.02 Å². The average Bonchev–Trinajstić information content (AvgIpc) is 3.35. The number of oxazole rings is 1. The molecule has 0 saturated heterocycles. The Kier molecular flexibility index (Phi) is 5.71. The fraction of sp³-hybridized carbons (Fsp3) is 0.182. The third-order valence-electron chi connectivity index (χ3n) is 4.72. The van der Waals surface area contributed by atoms with E-state index in [2.05, 4.69) is 21.2 Å². The summed E-state index contributed by atoms with van der Waals surface area (Å²) >= 11 is 8.72. The summed E-state index contributed by atoms with van der Waals surface area (Å²) < 4.78 is 16.8. The van der Waals surface area contributed by atoms with Gasteiger partial charge in [-0.2, -0.15) is 0 Å². The molecular weight excluding hydrogens is 470 g/mol. The van der Waals surface area contributed by atoms with E-state index in [0.29, 0.717) is 49.5 Å². The first kappa shape index (κ1) is 21.1. The number of benzene rings is 2. The van der Waals surface area contributed by atoms with Gasteiger partial charge in [-0.3, -0.25) is 0 Å². The van der Waals surface area contributed by atoms with Crippen LogP contribution in [0.25, 0.3) is 22.1 Å². The molecule has 10 heteroatoms. The van der Waals surface area contributed by atoms with Gasteiger partial charge in [0.25, 0.3) is 10.4 Å². The summed E-state index contributed by atoms with van der Waals surface area (Å²) in [5.41, 5.74) is 4.56. The summed E-state index contributed by atoms with van der Waals surface area (Å²) in [5, 5.41) is 10.7. The molecular formula is C22H16ClN3O4S2. The number of aryl methyl sites for hydroxylation is 2. The highest BCUT2D eigenvalue weighted by atomic mass is 35.5. The lowest BCUT2D eigenvalue weighted by molar-refractivity contribution is 0.425. The monoisotopic (exact) mass is 485 g/mol. The van der Waals surface area contributed by atoms with Crippen LogP contribution < -0.4 is 5.63 Å². The standard InChI is InChI=1S/C22H16ClN3O4S2/c1-11-5-12(2)20-13(7-19(27)28-17(20)6-11)9-31-22-26-25-18(30-22)10-32-21-24-15-8-14(23)3-4-16(15)29-21/h3-8H,9-10H2,1-2H3. The van der Waals surface area contributed by atoms with Gasteiger partial charge in [0.05, 0.1) is 5.75 Å². The van der Waals surface area contributed by atoms with E-state index in [-0.39, 0.29) is 5.63 Å². The van der Waals surface area contributed by atoms with Gasteiger partial charge in [0.2, 0.25) is 5.89 Å². The molecule has 0 saturated carbocycles. The zero-order valence-corrected chi connectivity index (χ0v) is 19.4. The predicted molar refractivity (Wildman–Crippen MR) is 124 cm³/mol. The molecule has 7 nitrogen and oxygen atoms in total. The van der Waals surface area contributed by atoms with Crippen molar-refractivity contribution in [1.82, 2.24) is 15.2 Å². The molecule has 0 aliphatic rings. The lowest BCUT2D eigenvalue weighted by Gasteiger charge is -2.08. The van der Waals surface area contributed by atoms with Gasteiger partial charge in [-0.15, -0.1) is 10.2 Å². The van der Waals surface area contributed by atoms with E-state index in [4.69, 9.17) is 24.9 Å². The minimum atomic E-state index is -0.375. The topological polar surface area (TPSA) is 95.2 Å². The molecule has 0 spiro atoms. The lowest BCUT2D eigenvalue weighted by Crippen LogP contribution is -2.01. The lowest BCUT2D eigenvalue weighted by atomic mass is 10.0. The smallest absolute Gasteiger partial charge is 0.336 e. The van der Waals surface area contributed by atoms with Crippen molar-refractivity contribution < 1.29 is 13.3 Å². The van der Waals surface area contributed by atoms with Crippen LogP contribution in [0.4, 0.5) is 0 Å². The number of aromatic nitrogens is 3. The molecule has 32 heavy (non-hydrogen) atoms. The first-order valence-corrected chi connectivity index (χ1v) is 12.0. The van der Waals surface area contributed by atoms with Gasteiger partial charge in [-0.25, -0.2) is 9.78 Å². The largest absolute Gasteiger partial charge is 0.431 e. The minimum absolute atomic E-state index is 0.375. The molecule has 162 valence electrons. The third-order valence-corrected chi connectivity index (χ3v) is 6.63. The van der Waals surface area contributed by atoms with Crippen molar-refractivity contribution in [1.29, 1.82) is 0 Å². The molecule has 0 atom stereocenters. The molecule has 5 rings (SSSR count). The number of thioether (sulfide) groups is 2. The Morgan fingerprint density at radius 1 is 0.906 bits per heavy atom. The predicted octanol–water partition coefficient (Wildman–Crippen LogP) is 6.17. The Labute approximate surface area is 195 Å². The van der Waals surface area contributed by atoms with Gasteiger partial charge in [-0.1, -0.05) is 41.2 Å². The Morgan fingerprint density at radius 2 is 1.75 bits per heavy atom. The van der Waals surface area contributed by atoms with Gasteiger partial charge in [0.1, 0.15) is 11.1 Å². The van der Waals surface area contributed by atoms with Crippen molar-refractivity contribution in [2.45, 2.75) is 35.8 Å². The van der Waals surface area contributed by atoms with E-state index in [1.807, 2.05) is 19.9 Å². The van der Waals surface area contributed by atoms with Crippen molar-refractivity contribution in [3.8, 4) is 0 Å². The van der Waals surface area contributed by atoms with Crippen LogP contribution in [0, 0.1) is 13.8 Å². The third kappa shape index (κ3) is 4.41. The molecule has 3 heterocycles. The van der Waals surface area contributed by atoms with Gasteiger partial charge >= 0.3 is 5.63 Å². The molecule has 0 amide bonds. The van der Waals surface area contributed by atoms with Gasteiger partial charge < -0.3 is 13.3 Å². The number of hydrogen-bond acceptors (Lipinski definition) is 9. The molecule has 0 aliphatic carbocycles. The number of hydrogen-bond donors (Lipinski definition) is 0. The van der Waals surface area contributed by atoms with Crippen LogP contribution in [0.3, 0.4) is 0 Å². The highest BCUT2D eigenvalue weighted by Crippen LogP contribution is 2.31. The van der Waals surface area contributed by atoms with Crippen molar-refractivity contribution in [3.05, 3.63) is 74.4 Å². The van der Waals surface area contributed by atoms with Crippen molar-refractivity contribution in [2.75, 3.05) is 0 Å². The maximum Gasteiger partial charge on any atom is 0.336 e. The Hall–Kier alpha value is -2.75. The molecule has 3 aromatic heterocycles. The van der Waals surface area contributed by atoms with E-state index < -0.39 is 0 Å². The molecule has 0 radical (unpaired) electrons. The molecule has 0 aliphatic heterocycles. The van der Waals surface area contributed by atoms with Crippen molar-refractivity contribution in [2.24, 2.45) is 0 Å². The highest BCUT2D eigenvalue weighted by molar-refractivity contribution is 7.98. The van der Waals surface area contributed by atoms with Crippen molar-refractivity contribution >= 4 is 57.2 Å². The fourth-order valence-corrected chi connectivity index (χ4v) is 5.05. The summed E-state index contributed by atoms with van der Waals surface area (Å²) in [5.74, 6) is 1.39. The summed E-state index contributed by atoms with van der Waals surface area (Å²) in [6.07, 6.45) is 0. The SMILES string of the molecule is Cc1cc(C)c2c(CSc3nnc(CSc4nc5cc(Cl)ccc5o4)o3)cc(=O)oc2c1. The maximum absolute atomic E-state index is 12.0. The van der Waals surface area contributed by atoms with Gasteiger partial charge in [0.15, 0.2) is 5.58 Å². The number of fused-ring (bicyclic) bond motifs is 2. The zero-order valence-electron chi connectivity index (χ0n) is 17.0. The molecule has 0 fully saturated rings. The molecule has 0 N–H and O–H groups in total. The summed E-state index contributed by atoms with van der Waals surface area (Å²) in [6.45, 7) is 3.98. The second kappa shape index (κ2) is 8.65. The van der Waals surface area contributed by atoms with Gasteiger partial charge in [0, 0.05) is 22.2 Å². The fourth-order valence-electron chi connectivity index (χ4n) is 3.45. The number of nitrogens with zero attached hydrogens (tertiary/aromatic N) is 3. The maximum atomic E-state index is 12.0. The summed E-state index contributed by atoms with van der Waals surface area (Å²) in [4.78, 5) is 16.4. The van der Waals surface area contributed by atoms with Crippen LogP contribution in [0.1, 0.15) is 22.6 Å². The quantitative estimate of drug-likeness (QED) is 0.206. The normalized spacial score (nSPS) is 11.6. The summed E-state index contributed by atoms with van der Waals surface area (Å²) in [6, 6.07) is 10.8. The van der Waals surface area contributed by atoms with Gasteiger partial charge in [-0.05, 0) is 54.8 Å². The highest BCUT2D eigenvalue weighted by Gasteiger charge is 2.14. The molecule has 0 bridgehead atoms. The Bertz CT molecular complexity index is 1510. The number of rotatable bonds is 6. The minimum Gasteiger partial charge on any atom is -0.431 e. The number of halogens is 1. The first-order chi connectivity index (χ1) is 15.4. The van der Waals surface area contributed by atoms with Crippen LogP contribution in [0.15, 0.2) is 64.9 Å². The Morgan fingerprint density at radius 3 is 2.62 bits per heavy atom. The second-order valence-electron chi connectivity index (χ2n) is 7.18. The van der Waals surface area contributed by atoms with E-state index in [0.717, 1.165) is 22.1 Å². The zero-order chi connectivity index (χ0) is 22.2. The first-order valence-electron chi connectivity index (χ1n) is 9.63. The van der Waals surface area contributed by atoms with E-state index in [1.54, 1.807) is 18.2 Å². The second-order valence-corrected chi connectivity index (χ2v) is 9.47. The van der Waals surface area contributed by atoms with E-state index in [1.165, 1.54) is 29.6 Å². The molecule has 0 unspecified atom stereocenters. The average molecular weight is 486 g/mol. The molecule has 2 aromatic carbocycles. The van der Waals surface area contributed by atoms with Crippen molar-refractivity contribution in [3.63, 3.8) is 0 Å². The van der Waals surface area contributed by atoms with Crippen LogP contribution >= 0.6 is 35.1 Å². The van der Waals surface area contributed by atoms with E-state index >= 15 is 0 Å².